The number of rotatable bonds is 2. The van der Waals surface area contributed by atoms with Gasteiger partial charge in [-0.15, -0.1) is 0 Å². The molecule has 0 aliphatic carbocycles. The summed E-state index contributed by atoms with van der Waals surface area (Å²) in [7, 11) is 0. The van der Waals surface area contributed by atoms with E-state index < -0.39 is 0 Å². The zero-order valence-electron chi connectivity index (χ0n) is 6.46. The largest absolute Gasteiger partial charge is 0.327 e. The van der Waals surface area contributed by atoms with Gasteiger partial charge in [-0.2, -0.15) is 0 Å². The van der Waals surface area contributed by atoms with Crippen molar-refractivity contribution in [1.82, 2.24) is 5.32 Å². The van der Waals surface area contributed by atoms with Gasteiger partial charge < -0.3 is 5.73 Å². The second-order valence-electron chi connectivity index (χ2n) is 2.80. The average molecular weight is 156 g/mol. The van der Waals surface area contributed by atoms with Gasteiger partial charge >= 0.3 is 0 Å². The van der Waals surface area contributed by atoms with Crippen molar-refractivity contribution in [3.05, 3.63) is 0 Å². The minimum absolute atomic E-state index is 0.179. The zero-order valence-corrected chi connectivity index (χ0v) is 6.46. The summed E-state index contributed by atoms with van der Waals surface area (Å²) in [4.78, 5) is 21.7. The second kappa shape index (κ2) is 3.00. The summed E-state index contributed by atoms with van der Waals surface area (Å²) in [5, 5.41) is 2.22. The fourth-order valence-electron chi connectivity index (χ4n) is 1.20. The van der Waals surface area contributed by atoms with Gasteiger partial charge in [0.15, 0.2) is 0 Å². The standard InChI is InChI=1S/C7H12N2O2/c1-2-5(8)4-3-6(10)9-7(4)11/h4-5H,2-3,8H2,1H3,(H,9,10,11). The SMILES string of the molecule is CCC(N)C1CC(=O)NC1=O. The Bertz CT molecular complexity index is 191. The topological polar surface area (TPSA) is 72.2 Å². The van der Waals surface area contributed by atoms with Crippen LogP contribution in [0.2, 0.25) is 0 Å². The van der Waals surface area contributed by atoms with E-state index in [0.717, 1.165) is 6.42 Å². The third-order valence-electron chi connectivity index (χ3n) is 1.99. The van der Waals surface area contributed by atoms with E-state index >= 15 is 0 Å². The molecule has 3 N–H and O–H groups in total. The molecule has 0 aromatic heterocycles. The first-order chi connectivity index (χ1) is 5.15. The number of carbonyl (C=O) groups excluding carboxylic acids is 2. The molecule has 1 aliphatic heterocycles. The summed E-state index contributed by atoms with van der Waals surface area (Å²) in [6.45, 7) is 1.90. The first-order valence-electron chi connectivity index (χ1n) is 3.74. The van der Waals surface area contributed by atoms with E-state index in [1.165, 1.54) is 0 Å². The molecule has 2 amide bonds. The molecule has 0 bridgehead atoms. The maximum absolute atomic E-state index is 11.0. The van der Waals surface area contributed by atoms with E-state index in [4.69, 9.17) is 5.73 Å². The molecule has 0 aromatic rings. The summed E-state index contributed by atoms with van der Waals surface area (Å²) in [6, 6.07) is -0.179. The van der Waals surface area contributed by atoms with Crippen LogP contribution in [0.5, 0.6) is 0 Å². The third-order valence-corrected chi connectivity index (χ3v) is 1.99. The highest BCUT2D eigenvalue weighted by molar-refractivity contribution is 6.03. The minimum Gasteiger partial charge on any atom is -0.327 e. The molecule has 1 heterocycles. The van der Waals surface area contributed by atoms with Crippen LogP contribution in [0, 0.1) is 5.92 Å². The molecule has 62 valence electrons. The number of nitrogens with two attached hydrogens (primary N) is 1. The lowest BCUT2D eigenvalue weighted by Gasteiger charge is -2.12. The Morgan fingerprint density at radius 2 is 2.36 bits per heavy atom. The maximum Gasteiger partial charge on any atom is 0.231 e. The van der Waals surface area contributed by atoms with E-state index in [1.54, 1.807) is 0 Å². The van der Waals surface area contributed by atoms with Crippen LogP contribution in [0.1, 0.15) is 19.8 Å². The zero-order chi connectivity index (χ0) is 8.43. The van der Waals surface area contributed by atoms with E-state index in [0.29, 0.717) is 0 Å². The highest BCUT2D eigenvalue weighted by Crippen LogP contribution is 2.15. The van der Waals surface area contributed by atoms with E-state index in [-0.39, 0.29) is 30.2 Å². The van der Waals surface area contributed by atoms with Gasteiger partial charge in [0.05, 0.1) is 5.92 Å². The van der Waals surface area contributed by atoms with Crippen LogP contribution >= 0.6 is 0 Å². The lowest BCUT2D eigenvalue weighted by molar-refractivity contribution is -0.126. The molecular weight excluding hydrogens is 144 g/mol. The lowest BCUT2D eigenvalue weighted by atomic mass is 9.97. The molecule has 0 spiro atoms. The Morgan fingerprint density at radius 3 is 2.73 bits per heavy atom. The van der Waals surface area contributed by atoms with Gasteiger partial charge in [-0.25, -0.2) is 0 Å². The summed E-state index contributed by atoms with van der Waals surface area (Å²) in [6.07, 6.45) is 0.985. The van der Waals surface area contributed by atoms with Gasteiger partial charge in [0.2, 0.25) is 11.8 Å². The molecule has 1 aliphatic rings. The smallest absolute Gasteiger partial charge is 0.231 e. The van der Waals surface area contributed by atoms with Crippen LogP contribution in [0.4, 0.5) is 0 Å². The van der Waals surface area contributed by atoms with E-state index in [2.05, 4.69) is 5.32 Å². The van der Waals surface area contributed by atoms with Gasteiger partial charge in [-0.1, -0.05) is 6.92 Å². The van der Waals surface area contributed by atoms with Gasteiger partial charge in [-0.05, 0) is 6.42 Å². The predicted octanol–water partition coefficient (Wildman–Crippen LogP) is -0.614. The molecule has 1 rings (SSSR count). The maximum atomic E-state index is 11.0. The highest BCUT2D eigenvalue weighted by atomic mass is 16.2. The Hall–Kier alpha value is -0.900. The molecule has 2 atom stereocenters. The van der Waals surface area contributed by atoms with Crippen molar-refractivity contribution < 1.29 is 9.59 Å². The number of hydrogen-bond donors (Lipinski definition) is 2. The molecule has 0 saturated carbocycles. The highest BCUT2D eigenvalue weighted by Gasteiger charge is 2.33. The molecule has 0 radical (unpaired) electrons. The average Bonchev–Trinajstić information content (AvgIpc) is 2.28. The van der Waals surface area contributed by atoms with Gasteiger partial charge in [-0.3, -0.25) is 14.9 Å². The van der Waals surface area contributed by atoms with Crippen LogP contribution in [0.25, 0.3) is 0 Å². The number of nitrogens with one attached hydrogen (secondary N) is 1. The summed E-state index contributed by atoms with van der Waals surface area (Å²) in [5.74, 6) is -0.722. The normalized spacial score (nSPS) is 26.9. The Labute approximate surface area is 65.1 Å². The second-order valence-corrected chi connectivity index (χ2v) is 2.80. The van der Waals surface area contributed by atoms with Crippen molar-refractivity contribution in [1.29, 1.82) is 0 Å². The molecular formula is C7H12N2O2. The van der Waals surface area contributed by atoms with Crippen LogP contribution in [-0.2, 0) is 9.59 Å². The minimum atomic E-state index is -0.299. The van der Waals surface area contributed by atoms with Crippen LogP contribution < -0.4 is 11.1 Å². The van der Waals surface area contributed by atoms with E-state index in [9.17, 15) is 9.59 Å². The number of hydrogen-bond acceptors (Lipinski definition) is 3. The summed E-state index contributed by atoms with van der Waals surface area (Å²) >= 11 is 0. The van der Waals surface area contributed by atoms with Crippen molar-refractivity contribution in [2.45, 2.75) is 25.8 Å². The monoisotopic (exact) mass is 156 g/mol. The molecule has 4 heteroatoms. The van der Waals surface area contributed by atoms with Crippen LogP contribution in [0.3, 0.4) is 0 Å². The van der Waals surface area contributed by atoms with Crippen LogP contribution in [0.15, 0.2) is 0 Å². The Morgan fingerprint density at radius 1 is 1.73 bits per heavy atom. The van der Waals surface area contributed by atoms with Crippen molar-refractivity contribution in [3.63, 3.8) is 0 Å². The van der Waals surface area contributed by atoms with Gasteiger partial charge in [0, 0.05) is 12.5 Å². The van der Waals surface area contributed by atoms with Crippen LogP contribution in [-0.4, -0.2) is 17.9 Å². The van der Waals surface area contributed by atoms with E-state index in [1.807, 2.05) is 6.92 Å². The summed E-state index contributed by atoms with van der Waals surface area (Å²) < 4.78 is 0. The Kier molecular flexibility index (Phi) is 2.24. The quantitative estimate of drug-likeness (QED) is 0.524. The first-order valence-corrected chi connectivity index (χ1v) is 3.74. The fourth-order valence-corrected chi connectivity index (χ4v) is 1.20. The van der Waals surface area contributed by atoms with Crippen molar-refractivity contribution in [2.75, 3.05) is 0 Å². The third kappa shape index (κ3) is 1.57. The van der Waals surface area contributed by atoms with Gasteiger partial charge in [0.25, 0.3) is 0 Å². The number of amides is 2. The fraction of sp³-hybridized carbons (Fsp3) is 0.714. The Balaban J connectivity index is 2.59. The first kappa shape index (κ1) is 8.20. The lowest BCUT2D eigenvalue weighted by Crippen LogP contribution is -2.34. The molecule has 2 unspecified atom stereocenters. The van der Waals surface area contributed by atoms with Crippen molar-refractivity contribution >= 4 is 11.8 Å². The molecule has 4 nitrogen and oxygen atoms in total. The molecule has 0 aromatic carbocycles. The van der Waals surface area contributed by atoms with Crippen molar-refractivity contribution in [2.24, 2.45) is 11.7 Å². The molecule has 11 heavy (non-hydrogen) atoms. The van der Waals surface area contributed by atoms with Gasteiger partial charge in [0.1, 0.15) is 0 Å². The molecule has 1 saturated heterocycles. The summed E-state index contributed by atoms with van der Waals surface area (Å²) in [5.41, 5.74) is 5.62. The number of imide groups is 1. The molecule has 1 fully saturated rings. The number of carbonyl (C=O) groups is 2. The predicted molar refractivity (Wildman–Crippen MR) is 39.5 cm³/mol. The van der Waals surface area contributed by atoms with Crippen molar-refractivity contribution in [3.8, 4) is 0 Å².